The third-order valence-electron chi connectivity index (χ3n) is 11.7. The van der Waals surface area contributed by atoms with Crippen LogP contribution in [0.5, 0.6) is 0 Å². The molecule has 0 heterocycles. The van der Waals surface area contributed by atoms with Crippen molar-refractivity contribution in [2.75, 3.05) is 0 Å². The van der Waals surface area contributed by atoms with Gasteiger partial charge in [0.15, 0.2) is 0 Å². The first kappa shape index (κ1) is 27.6. The normalized spacial score (nSPS) is 15.0. The average Bonchev–Trinajstić information content (AvgIpc) is 3.51. The Morgan fingerprint density at radius 2 is 0.667 bits per heavy atom. The van der Waals surface area contributed by atoms with Crippen LogP contribution in [-0.4, -0.2) is 0 Å². The van der Waals surface area contributed by atoms with E-state index in [2.05, 4.69) is 173 Å². The lowest BCUT2D eigenvalue weighted by Crippen LogP contribution is -2.14. The molecule has 0 spiro atoms. The van der Waals surface area contributed by atoms with Crippen molar-refractivity contribution in [1.82, 2.24) is 0 Å². The standard InChI is InChI=1S/C48H36/c1-47(2)40-23-11-9-19-36(40)45-34(21-13-25-42(45)47)38-27-29-28-39(31-16-6-8-18-33(31)44(29)32-17-7-5-15-30(32)38)35-22-14-26-43-46(35)37-20-10-12-24-41(37)48(43,3)4/h5-28H,1-4H3. The smallest absolute Gasteiger partial charge is 0.0159 e. The second-order valence-corrected chi connectivity index (χ2v) is 14.8. The van der Waals surface area contributed by atoms with Crippen molar-refractivity contribution in [2.24, 2.45) is 0 Å². The molecule has 0 aromatic heterocycles. The van der Waals surface area contributed by atoms with Crippen LogP contribution in [-0.2, 0) is 10.8 Å². The summed E-state index contributed by atoms with van der Waals surface area (Å²) < 4.78 is 0. The molecule has 0 nitrogen and oxygen atoms in total. The van der Waals surface area contributed by atoms with Crippen LogP contribution in [0.25, 0.3) is 76.8 Å². The Morgan fingerprint density at radius 1 is 0.312 bits per heavy atom. The zero-order valence-corrected chi connectivity index (χ0v) is 27.9. The van der Waals surface area contributed by atoms with E-state index in [9.17, 15) is 0 Å². The maximum absolute atomic E-state index is 2.48. The number of benzene rings is 8. The lowest BCUT2D eigenvalue weighted by atomic mass is 9.81. The van der Waals surface area contributed by atoms with Crippen LogP contribution < -0.4 is 0 Å². The molecule has 0 radical (unpaired) electrons. The highest BCUT2D eigenvalue weighted by Crippen LogP contribution is 2.55. The minimum absolute atomic E-state index is 0.0459. The zero-order chi connectivity index (χ0) is 32.4. The topological polar surface area (TPSA) is 0 Å². The second-order valence-electron chi connectivity index (χ2n) is 14.8. The van der Waals surface area contributed by atoms with E-state index < -0.39 is 0 Å². The van der Waals surface area contributed by atoms with Gasteiger partial charge in [-0.2, -0.15) is 0 Å². The quantitative estimate of drug-likeness (QED) is 0.170. The lowest BCUT2D eigenvalue weighted by Gasteiger charge is -2.22. The van der Waals surface area contributed by atoms with E-state index in [1.165, 1.54) is 99.1 Å². The molecule has 0 unspecified atom stereocenters. The Bertz CT molecular complexity index is 2480. The molecule has 48 heavy (non-hydrogen) atoms. The summed E-state index contributed by atoms with van der Waals surface area (Å²) in [5, 5.41) is 7.82. The number of hydrogen-bond donors (Lipinski definition) is 0. The predicted molar refractivity (Wildman–Crippen MR) is 205 cm³/mol. The third kappa shape index (κ3) is 3.50. The Hall–Kier alpha value is -5.46. The molecule has 8 aromatic rings. The van der Waals surface area contributed by atoms with Crippen molar-refractivity contribution in [3.63, 3.8) is 0 Å². The van der Waals surface area contributed by atoms with Crippen molar-refractivity contribution in [2.45, 2.75) is 38.5 Å². The van der Waals surface area contributed by atoms with E-state index >= 15 is 0 Å². The van der Waals surface area contributed by atoms with Crippen LogP contribution in [0, 0.1) is 0 Å². The van der Waals surface area contributed by atoms with E-state index in [0.717, 1.165) is 0 Å². The molecular weight excluding hydrogens is 577 g/mol. The van der Waals surface area contributed by atoms with E-state index in [0.29, 0.717) is 0 Å². The average molecular weight is 613 g/mol. The molecule has 0 saturated carbocycles. The maximum Gasteiger partial charge on any atom is 0.0159 e. The molecule has 0 saturated heterocycles. The first-order valence-electron chi connectivity index (χ1n) is 17.2. The van der Waals surface area contributed by atoms with E-state index in [1.54, 1.807) is 0 Å². The summed E-state index contributed by atoms with van der Waals surface area (Å²) in [5.74, 6) is 0. The van der Waals surface area contributed by atoms with E-state index in [1.807, 2.05) is 0 Å². The number of hydrogen-bond acceptors (Lipinski definition) is 0. The molecule has 228 valence electrons. The van der Waals surface area contributed by atoms with Crippen LogP contribution in [0.4, 0.5) is 0 Å². The summed E-state index contributed by atoms with van der Waals surface area (Å²) in [6.45, 7) is 9.48. The van der Waals surface area contributed by atoms with Gasteiger partial charge in [-0.15, -0.1) is 0 Å². The van der Waals surface area contributed by atoms with Gasteiger partial charge in [-0.3, -0.25) is 0 Å². The van der Waals surface area contributed by atoms with Crippen molar-refractivity contribution in [1.29, 1.82) is 0 Å². The minimum atomic E-state index is -0.0459. The monoisotopic (exact) mass is 612 g/mol. The molecular formula is C48H36. The third-order valence-corrected chi connectivity index (χ3v) is 11.7. The van der Waals surface area contributed by atoms with Gasteiger partial charge in [0.2, 0.25) is 0 Å². The molecule has 0 amide bonds. The fourth-order valence-electron chi connectivity index (χ4n) is 9.38. The zero-order valence-electron chi connectivity index (χ0n) is 27.9. The Balaban J connectivity index is 1.33. The highest BCUT2D eigenvalue weighted by atomic mass is 14.4. The van der Waals surface area contributed by atoms with Crippen molar-refractivity contribution < 1.29 is 0 Å². The Morgan fingerprint density at radius 3 is 1.12 bits per heavy atom. The van der Waals surface area contributed by atoms with Crippen LogP contribution in [0.15, 0.2) is 146 Å². The van der Waals surface area contributed by atoms with Gasteiger partial charge >= 0.3 is 0 Å². The molecule has 10 rings (SSSR count). The maximum atomic E-state index is 2.48. The Kier molecular flexibility index (Phi) is 5.50. The second kappa shape index (κ2) is 9.55. The molecule has 0 aliphatic heterocycles. The molecule has 2 aliphatic carbocycles. The summed E-state index contributed by atoms with van der Waals surface area (Å²) in [7, 11) is 0. The first-order valence-corrected chi connectivity index (χ1v) is 17.2. The molecule has 0 heteroatoms. The fraction of sp³-hybridized carbons (Fsp3) is 0.125. The van der Waals surface area contributed by atoms with Crippen LogP contribution in [0.3, 0.4) is 0 Å². The van der Waals surface area contributed by atoms with Crippen LogP contribution >= 0.6 is 0 Å². The highest BCUT2D eigenvalue weighted by molar-refractivity contribution is 6.26. The summed E-state index contributed by atoms with van der Waals surface area (Å²) in [4.78, 5) is 0. The molecule has 2 aliphatic rings. The SMILES string of the molecule is CC1(C)c2ccccc2-c2c(-c3cc4cc(-c5cccc6c5-c5ccccc5C6(C)C)c5ccccc5c4c4ccccc34)cccc21. The van der Waals surface area contributed by atoms with Gasteiger partial charge in [0.1, 0.15) is 0 Å². The van der Waals surface area contributed by atoms with Gasteiger partial charge in [0.05, 0.1) is 0 Å². The summed E-state index contributed by atoms with van der Waals surface area (Å²) in [6.07, 6.45) is 0. The van der Waals surface area contributed by atoms with Gasteiger partial charge < -0.3 is 0 Å². The van der Waals surface area contributed by atoms with Gasteiger partial charge in [0.25, 0.3) is 0 Å². The predicted octanol–water partition coefficient (Wildman–Crippen LogP) is 13.1. The van der Waals surface area contributed by atoms with E-state index in [4.69, 9.17) is 0 Å². The minimum Gasteiger partial charge on any atom is -0.0619 e. The highest BCUT2D eigenvalue weighted by Gasteiger charge is 2.38. The Labute approximate surface area is 282 Å². The summed E-state index contributed by atoms with van der Waals surface area (Å²) in [6, 6.07) is 54.9. The molecule has 0 atom stereocenters. The van der Waals surface area contributed by atoms with Gasteiger partial charge in [-0.25, -0.2) is 0 Å². The van der Waals surface area contributed by atoms with Crippen molar-refractivity contribution in [3.8, 4) is 44.5 Å². The first-order chi connectivity index (χ1) is 23.4. The number of rotatable bonds is 2. The molecule has 0 fully saturated rings. The molecule has 0 N–H and O–H groups in total. The summed E-state index contributed by atoms with van der Waals surface area (Å²) in [5.41, 5.74) is 16.2. The number of fused-ring (bicyclic) bond motifs is 11. The van der Waals surface area contributed by atoms with Crippen LogP contribution in [0.2, 0.25) is 0 Å². The van der Waals surface area contributed by atoms with E-state index in [-0.39, 0.29) is 10.8 Å². The van der Waals surface area contributed by atoms with Gasteiger partial charge in [0, 0.05) is 10.8 Å². The largest absolute Gasteiger partial charge is 0.0619 e. The van der Waals surface area contributed by atoms with Gasteiger partial charge in [-0.1, -0.05) is 161 Å². The van der Waals surface area contributed by atoms with Crippen molar-refractivity contribution >= 4 is 32.3 Å². The fourth-order valence-corrected chi connectivity index (χ4v) is 9.38. The summed E-state index contributed by atoms with van der Waals surface area (Å²) >= 11 is 0. The van der Waals surface area contributed by atoms with Crippen molar-refractivity contribution in [3.05, 3.63) is 168 Å². The van der Waals surface area contributed by atoms with Gasteiger partial charge in [-0.05, 0) is 111 Å². The molecule has 0 bridgehead atoms. The molecule has 8 aromatic carbocycles. The van der Waals surface area contributed by atoms with Crippen LogP contribution in [0.1, 0.15) is 49.9 Å². The lowest BCUT2D eigenvalue weighted by molar-refractivity contribution is 0.660.